The first-order valence-electron chi connectivity index (χ1n) is 10.5. The van der Waals surface area contributed by atoms with Crippen LogP contribution in [0.2, 0.25) is 0 Å². The normalized spacial score (nSPS) is 20.7. The van der Waals surface area contributed by atoms with Crippen molar-refractivity contribution in [2.75, 3.05) is 6.54 Å². The number of aryl methyl sites for hydroxylation is 1. The van der Waals surface area contributed by atoms with E-state index in [1.807, 2.05) is 0 Å². The van der Waals surface area contributed by atoms with Crippen molar-refractivity contribution >= 4 is 12.4 Å². The molecule has 0 unspecified atom stereocenters. The molecule has 0 spiro atoms. The van der Waals surface area contributed by atoms with Gasteiger partial charge in [0.2, 0.25) is 0 Å². The molecule has 1 aliphatic heterocycles. The van der Waals surface area contributed by atoms with E-state index in [9.17, 15) is 19.8 Å². The van der Waals surface area contributed by atoms with Crippen LogP contribution < -0.4 is 11.2 Å². The maximum atomic E-state index is 12.4. The number of nitrogens with one attached hydrogen (secondary N) is 1. The van der Waals surface area contributed by atoms with Gasteiger partial charge in [0.05, 0.1) is 12.6 Å². The summed E-state index contributed by atoms with van der Waals surface area (Å²) < 4.78 is 7.46. The van der Waals surface area contributed by atoms with E-state index in [-0.39, 0.29) is 24.1 Å². The summed E-state index contributed by atoms with van der Waals surface area (Å²) in [7, 11) is 0. The molecule has 1 aromatic heterocycles. The van der Waals surface area contributed by atoms with Crippen molar-refractivity contribution in [1.29, 1.82) is 0 Å². The highest BCUT2D eigenvalue weighted by Gasteiger charge is 2.36. The minimum atomic E-state index is -0.634. The van der Waals surface area contributed by atoms with Crippen molar-refractivity contribution in [2.24, 2.45) is 9.98 Å². The van der Waals surface area contributed by atoms with Crippen LogP contribution in [0.1, 0.15) is 29.3 Å². The Balaban J connectivity index is 1.59. The zero-order chi connectivity index (χ0) is 23.4. The molecule has 0 aliphatic carbocycles. The molecule has 33 heavy (non-hydrogen) atoms. The Morgan fingerprint density at radius 3 is 2.36 bits per heavy atom. The second kappa shape index (κ2) is 9.66. The summed E-state index contributed by atoms with van der Waals surface area (Å²) in [4.78, 5) is 35.4. The largest absolute Gasteiger partial charge is 0.507 e. The van der Waals surface area contributed by atoms with E-state index in [1.165, 1.54) is 10.8 Å². The van der Waals surface area contributed by atoms with Crippen molar-refractivity contribution in [3.63, 3.8) is 0 Å². The van der Waals surface area contributed by atoms with Gasteiger partial charge < -0.3 is 14.9 Å². The van der Waals surface area contributed by atoms with Crippen LogP contribution in [-0.2, 0) is 4.74 Å². The molecule has 0 bridgehead atoms. The number of benzene rings is 2. The average Bonchev–Trinajstić information content (AvgIpc) is 3.19. The van der Waals surface area contributed by atoms with Crippen molar-refractivity contribution in [3.05, 3.63) is 92.3 Å². The molecule has 3 N–H and O–H groups in total. The van der Waals surface area contributed by atoms with Crippen molar-refractivity contribution in [3.8, 4) is 11.5 Å². The first kappa shape index (κ1) is 22.2. The van der Waals surface area contributed by atoms with Crippen molar-refractivity contribution in [2.45, 2.75) is 31.7 Å². The second-order valence-electron chi connectivity index (χ2n) is 7.80. The van der Waals surface area contributed by atoms with Crippen LogP contribution in [0.5, 0.6) is 11.5 Å². The summed E-state index contributed by atoms with van der Waals surface area (Å²) in [6.45, 7) is 1.86. The lowest BCUT2D eigenvalue weighted by molar-refractivity contribution is 0.00196. The number of hydrogen-bond donors (Lipinski definition) is 3. The number of hydrogen-bond acceptors (Lipinski definition) is 7. The number of para-hydroxylation sites is 2. The van der Waals surface area contributed by atoms with E-state index in [0.29, 0.717) is 23.1 Å². The summed E-state index contributed by atoms with van der Waals surface area (Å²) in [5.74, 6) is 0.231. The molecule has 170 valence electrons. The number of rotatable bonds is 6. The van der Waals surface area contributed by atoms with E-state index in [1.54, 1.807) is 67.9 Å². The van der Waals surface area contributed by atoms with Crippen molar-refractivity contribution in [1.82, 2.24) is 9.55 Å². The molecule has 0 amide bonds. The second-order valence-corrected chi connectivity index (χ2v) is 7.80. The lowest BCUT2D eigenvalue weighted by Crippen LogP contribution is -2.33. The van der Waals surface area contributed by atoms with Crippen LogP contribution in [0.25, 0.3) is 0 Å². The van der Waals surface area contributed by atoms with E-state index in [0.717, 1.165) is 0 Å². The molecule has 3 atom stereocenters. The summed E-state index contributed by atoms with van der Waals surface area (Å²) in [6, 6.07) is 13.3. The van der Waals surface area contributed by atoms with Gasteiger partial charge in [0.15, 0.2) is 0 Å². The first-order valence-corrected chi connectivity index (χ1v) is 10.5. The third-order valence-corrected chi connectivity index (χ3v) is 5.45. The molecule has 2 aromatic carbocycles. The Bertz CT molecular complexity index is 1310. The number of phenols is 2. The predicted molar refractivity (Wildman–Crippen MR) is 125 cm³/mol. The van der Waals surface area contributed by atoms with Crippen LogP contribution in [0.3, 0.4) is 0 Å². The Morgan fingerprint density at radius 2 is 1.70 bits per heavy atom. The molecule has 4 rings (SSSR count). The highest BCUT2D eigenvalue weighted by Crippen LogP contribution is 2.30. The quantitative estimate of drug-likeness (QED) is 0.498. The summed E-state index contributed by atoms with van der Waals surface area (Å²) in [5, 5.41) is 19.9. The van der Waals surface area contributed by atoms with E-state index >= 15 is 0 Å². The van der Waals surface area contributed by atoms with Gasteiger partial charge in [-0.3, -0.25) is 24.3 Å². The number of aliphatic imine (C=N–C) groups is 2. The van der Waals surface area contributed by atoms with Gasteiger partial charge in [-0.05, 0) is 31.2 Å². The SMILES string of the molecule is Cc1cn([C@H]2C[C@@H](N=Cc3ccccc3O)[C@@H](CN=Cc3ccccc3O)O2)c(=O)[nH]c1=O. The highest BCUT2D eigenvalue weighted by molar-refractivity contribution is 5.84. The summed E-state index contributed by atoms with van der Waals surface area (Å²) >= 11 is 0. The van der Waals surface area contributed by atoms with Crippen LogP contribution in [0.4, 0.5) is 0 Å². The fraction of sp³-hybridized carbons (Fsp3) is 0.250. The minimum Gasteiger partial charge on any atom is -0.507 e. The maximum absolute atomic E-state index is 12.4. The molecule has 3 aromatic rings. The summed E-state index contributed by atoms with van der Waals surface area (Å²) in [5.41, 5.74) is 0.543. The molecule has 0 radical (unpaired) electrons. The summed E-state index contributed by atoms with van der Waals surface area (Å²) in [6.07, 6.45) is 3.90. The van der Waals surface area contributed by atoms with Gasteiger partial charge in [0.25, 0.3) is 5.56 Å². The van der Waals surface area contributed by atoms with Crippen LogP contribution >= 0.6 is 0 Å². The predicted octanol–water partition coefficient (Wildman–Crippen LogP) is 2.15. The highest BCUT2D eigenvalue weighted by atomic mass is 16.5. The van der Waals surface area contributed by atoms with Gasteiger partial charge >= 0.3 is 5.69 Å². The number of phenolic OH excluding ortho intramolecular Hbond substituents is 2. The molecule has 2 heterocycles. The van der Waals surface area contributed by atoms with E-state index < -0.39 is 23.6 Å². The molecule has 1 fully saturated rings. The fourth-order valence-electron chi connectivity index (χ4n) is 3.63. The van der Waals surface area contributed by atoms with Gasteiger partial charge in [-0.2, -0.15) is 0 Å². The number of aromatic hydroxyl groups is 2. The van der Waals surface area contributed by atoms with Gasteiger partial charge in [-0.1, -0.05) is 24.3 Å². The van der Waals surface area contributed by atoms with Gasteiger partial charge in [-0.15, -0.1) is 0 Å². The molecule has 1 aliphatic rings. The molecule has 9 nitrogen and oxygen atoms in total. The first-order chi connectivity index (χ1) is 15.9. The van der Waals surface area contributed by atoms with Gasteiger partial charge in [-0.25, -0.2) is 4.79 Å². The zero-order valence-electron chi connectivity index (χ0n) is 18.0. The molecular weight excluding hydrogens is 424 g/mol. The number of aromatic nitrogens is 2. The van der Waals surface area contributed by atoms with Crippen LogP contribution in [0, 0.1) is 6.92 Å². The van der Waals surface area contributed by atoms with Gasteiger partial charge in [0, 0.05) is 41.7 Å². The number of nitrogens with zero attached hydrogens (tertiary/aromatic N) is 3. The van der Waals surface area contributed by atoms with Gasteiger partial charge in [0.1, 0.15) is 23.8 Å². The third-order valence-electron chi connectivity index (χ3n) is 5.45. The van der Waals surface area contributed by atoms with Crippen LogP contribution in [-0.4, -0.2) is 50.9 Å². The number of H-pyrrole nitrogens is 1. The molecule has 9 heteroatoms. The van der Waals surface area contributed by atoms with Crippen molar-refractivity contribution < 1.29 is 14.9 Å². The average molecular weight is 448 g/mol. The molecule has 0 saturated carbocycles. The van der Waals surface area contributed by atoms with Crippen LogP contribution in [0.15, 0.2) is 74.3 Å². The standard InChI is InChI=1S/C24H24N4O5/c1-15-14-28(24(32)27-23(15)31)22-10-18(26-12-17-7-3-5-9-20(17)30)21(33-22)13-25-11-16-6-2-4-8-19(16)29/h2-9,11-12,14,18,21-22,29-30H,10,13H2,1H3,(H,27,31,32)/t18-,21-,22-/m1/s1. The number of ether oxygens (including phenoxy) is 1. The number of aromatic amines is 1. The monoisotopic (exact) mass is 448 g/mol. The lowest BCUT2D eigenvalue weighted by atomic mass is 10.1. The zero-order valence-corrected chi connectivity index (χ0v) is 18.0. The Hall–Kier alpha value is -3.98. The minimum absolute atomic E-state index is 0.110. The topological polar surface area (TPSA) is 129 Å². The van der Waals surface area contributed by atoms with E-state index in [4.69, 9.17) is 4.74 Å². The van der Waals surface area contributed by atoms with E-state index in [2.05, 4.69) is 15.0 Å². The third kappa shape index (κ3) is 5.09. The Morgan fingerprint density at radius 1 is 1.06 bits per heavy atom. The Kier molecular flexibility index (Phi) is 6.50. The molecule has 1 saturated heterocycles. The molecular formula is C24H24N4O5. The smallest absolute Gasteiger partial charge is 0.330 e. The fourth-order valence-corrected chi connectivity index (χ4v) is 3.63. The Labute approximate surface area is 189 Å². The lowest BCUT2D eigenvalue weighted by Gasteiger charge is -2.15. The maximum Gasteiger partial charge on any atom is 0.330 e.